The van der Waals surface area contributed by atoms with E-state index in [-0.39, 0.29) is 25.5 Å². The predicted molar refractivity (Wildman–Crippen MR) is 73.8 cm³/mol. The first-order valence-corrected chi connectivity index (χ1v) is 6.86. The van der Waals surface area contributed by atoms with Gasteiger partial charge >= 0.3 is 0 Å². The quantitative estimate of drug-likeness (QED) is 0.228. The molecular formula is C12H30N4O2. The standard InChI is InChI=1S/C12H30N4O2/c1-2-6-16(7-4-9-18)12(14)10-11(13)15-5-3-8-17/h11-12,15,17-18H,2-10,13-14H2,1H3. The molecule has 0 spiro atoms. The van der Waals surface area contributed by atoms with Crippen LogP contribution in [0.25, 0.3) is 0 Å². The molecule has 0 radical (unpaired) electrons. The van der Waals surface area contributed by atoms with Gasteiger partial charge in [0.05, 0.1) is 12.3 Å². The van der Waals surface area contributed by atoms with Crippen molar-refractivity contribution in [1.82, 2.24) is 10.2 Å². The van der Waals surface area contributed by atoms with E-state index in [4.69, 9.17) is 21.7 Å². The Hall–Kier alpha value is -0.240. The monoisotopic (exact) mass is 262 g/mol. The van der Waals surface area contributed by atoms with Crippen LogP contribution >= 0.6 is 0 Å². The fourth-order valence-corrected chi connectivity index (χ4v) is 1.86. The van der Waals surface area contributed by atoms with Gasteiger partial charge in [-0.25, -0.2) is 0 Å². The van der Waals surface area contributed by atoms with Gasteiger partial charge in [0.2, 0.25) is 0 Å². The van der Waals surface area contributed by atoms with Crippen LogP contribution in [0.5, 0.6) is 0 Å². The topological polar surface area (TPSA) is 108 Å². The molecule has 0 heterocycles. The Labute approximate surface area is 110 Å². The van der Waals surface area contributed by atoms with Gasteiger partial charge in [0.15, 0.2) is 0 Å². The molecule has 6 heteroatoms. The lowest BCUT2D eigenvalue weighted by Gasteiger charge is -2.30. The van der Waals surface area contributed by atoms with E-state index >= 15 is 0 Å². The van der Waals surface area contributed by atoms with E-state index in [2.05, 4.69) is 17.1 Å². The molecule has 2 unspecified atom stereocenters. The van der Waals surface area contributed by atoms with Crippen LogP contribution in [0.2, 0.25) is 0 Å². The maximum atomic E-state index is 8.86. The van der Waals surface area contributed by atoms with Crippen LogP contribution in [-0.4, -0.2) is 60.3 Å². The molecule has 0 fully saturated rings. The average molecular weight is 262 g/mol. The van der Waals surface area contributed by atoms with E-state index in [1.807, 2.05) is 0 Å². The van der Waals surface area contributed by atoms with Gasteiger partial charge in [-0.1, -0.05) is 6.92 Å². The van der Waals surface area contributed by atoms with E-state index in [9.17, 15) is 0 Å². The molecule has 0 aromatic heterocycles. The lowest BCUT2D eigenvalue weighted by atomic mass is 10.2. The van der Waals surface area contributed by atoms with Gasteiger partial charge in [-0.15, -0.1) is 0 Å². The number of aliphatic hydroxyl groups is 2. The lowest BCUT2D eigenvalue weighted by molar-refractivity contribution is 0.159. The molecule has 110 valence electrons. The molecule has 0 aromatic rings. The molecule has 0 bridgehead atoms. The van der Waals surface area contributed by atoms with Crippen LogP contribution in [0, 0.1) is 0 Å². The van der Waals surface area contributed by atoms with Gasteiger partial charge in [-0.05, 0) is 32.4 Å². The third-order valence-electron chi connectivity index (χ3n) is 2.82. The highest BCUT2D eigenvalue weighted by molar-refractivity contribution is 4.71. The number of rotatable bonds is 12. The molecular weight excluding hydrogens is 232 g/mol. The van der Waals surface area contributed by atoms with Gasteiger partial charge in [0.25, 0.3) is 0 Å². The molecule has 7 N–H and O–H groups in total. The molecule has 0 aliphatic rings. The Morgan fingerprint density at radius 3 is 2.33 bits per heavy atom. The van der Waals surface area contributed by atoms with Crippen molar-refractivity contribution in [2.24, 2.45) is 11.5 Å². The summed E-state index contributed by atoms with van der Waals surface area (Å²) in [4.78, 5) is 2.16. The molecule has 18 heavy (non-hydrogen) atoms. The maximum Gasteiger partial charge on any atom is 0.0599 e. The Balaban J connectivity index is 3.94. The van der Waals surface area contributed by atoms with Gasteiger partial charge in [-0.2, -0.15) is 0 Å². The van der Waals surface area contributed by atoms with Crippen molar-refractivity contribution in [3.05, 3.63) is 0 Å². The van der Waals surface area contributed by atoms with Crippen LogP contribution in [0.1, 0.15) is 32.6 Å². The molecule has 2 atom stereocenters. The minimum Gasteiger partial charge on any atom is -0.396 e. The van der Waals surface area contributed by atoms with Crippen molar-refractivity contribution in [2.45, 2.75) is 44.9 Å². The summed E-state index contributed by atoms with van der Waals surface area (Å²) >= 11 is 0. The zero-order valence-electron chi connectivity index (χ0n) is 11.5. The molecule has 0 aliphatic heterocycles. The summed E-state index contributed by atoms with van der Waals surface area (Å²) in [7, 11) is 0. The minimum atomic E-state index is -0.153. The molecule has 0 aliphatic carbocycles. The summed E-state index contributed by atoms with van der Waals surface area (Å²) < 4.78 is 0. The van der Waals surface area contributed by atoms with E-state index in [0.29, 0.717) is 19.4 Å². The Morgan fingerprint density at radius 1 is 1.11 bits per heavy atom. The van der Waals surface area contributed by atoms with Gasteiger partial charge in [-0.3, -0.25) is 4.90 Å². The summed E-state index contributed by atoms with van der Waals surface area (Å²) in [5.74, 6) is 0. The van der Waals surface area contributed by atoms with E-state index < -0.39 is 0 Å². The Kier molecular flexibility index (Phi) is 11.7. The second-order valence-electron chi connectivity index (χ2n) is 4.55. The molecule has 6 nitrogen and oxygen atoms in total. The Bertz CT molecular complexity index is 183. The highest BCUT2D eigenvalue weighted by atomic mass is 16.3. The molecule has 0 aromatic carbocycles. The first-order valence-electron chi connectivity index (χ1n) is 6.86. The van der Waals surface area contributed by atoms with Crippen LogP contribution < -0.4 is 16.8 Å². The zero-order valence-corrected chi connectivity index (χ0v) is 11.5. The number of hydrogen-bond acceptors (Lipinski definition) is 6. The number of nitrogens with zero attached hydrogens (tertiary/aromatic N) is 1. The Morgan fingerprint density at radius 2 is 1.78 bits per heavy atom. The van der Waals surface area contributed by atoms with Crippen molar-refractivity contribution in [1.29, 1.82) is 0 Å². The van der Waals surface area contributed by atoms with Crippen molar-refractivity contribution in [3.63, 3.8) is 0 Å². The number of hydrogen-bond donors (Lipinski definition) is 5. The number of nitrogens with one attached hydrogen (secondary N) is 1. The van der Waals surface area contributed by atoms with Crippen molar-refractivity contribution in [2.75, 3.05) is 32.8 Å². The van der Waals surface area contributed by atoms with E-state index in [1.165, 1.54) is 0 Å². The summed E-state index contributed by atoms with van der Waals surface area (Å²) in [6.07, 6.45) is 2.89. The summed E-state index contributed by atoms with van der Waals surface area (Å²) in [5, 5.41) is 20.7. The first-order chi connectivity index (χ1) is 8.65. The molecule has 0 amide bonds. The highest BCUT2D eigenvalue weighted by Crippen LogP contribution is 2.03. The average Bonchev–Trinajstić information content (AvgIpc) is 2.34. The summed E-state index contributed by atoms with van der Waals surface area (Å²) in [6.45, 7) is 4.89. The fourth-order valence-electron chi connectivity index (χ4n) is 1.86. The largest absolute Gasteiger partial charge is 0.396 e. The van der Waals surface area contributed by atoms with Crippen LogP contribution in [0.4, 0.5) is 0 Å². The van der Waals surface area contributed by atoms with E-state index in [1.54, 1.807) is 0 Å². The lowest BCUT2D eigenvalue weighted by Crippen LogP contribution is -2.50. The minimum absolute atomic E-state index is 0.0897. The molecule has 0 rings (SSSR count). The third-order valence-corrected chi connectivity index (χ3v) is 2.82. The SMILES string of the molecule is CCCN(CCCO)C(N)CC(N)NCCCO. The van der Waals surface area contributed by atoms with Gasteiger partial charge in [0.1, 0.15) is 0 Å². The maximum absolute atomic E-state index is 8.86. The molecule has 0 saturated carbocycles. The summed E-state index contributed by atoms with van der Waals surface area (Å²) in [5.41, 5.74) is 12.1. The predicted octanol–water partition coefficient (Wildman–Crippen LogP) is -0.987. The van der Waals surface area contributed by atoms with Crippen molar-refractivity contribution >= 4 is 0 Å². The van der Waals surface area contributed by atoms with Crippen LogP contribution in [-0.2, 0) is 0 Å². The van der Waals surface area contributed by atoms with E-state index in [0.717, 1.165) is 25.9 Å². The first kappa shape index (κ1) is 17.8. The zero-order chi connectivity index (χ0) is 13.8. The second-order valence-corrected chi connectivity index (χ2v) is 4.55. The van der Waals surface area contributed by atoms with Crippen LogP contribution in [0.15, 0.2) is 0 Å². The van der Waals surface area contributed by atoms with Gasteiger partial charge < -0.3 is 27.0 Å². The van der Waals surface area contributed by atoms with Crippen molar-refractivity contribution in [3.8, 4) is 0 Å². The number of aliphatic hydroxyl groups excluding tert-OH is 2. The normalized spacial score (nSPS) is 15.0. The van der Waals surface area contributed by atoms with Crippen molar-refractivity contribution < 1.29 is 10.2 Å². The third kappa shape index (κ3) is 8.79. The smallest absolute Gasteiger partial charge is 0.0599 e. The number of nitrogens with two attached hydrogens (primary N) is 2. The highest BCUT2D eigenvalue weighted by Gasteiger charge is 2.16. The van der Waals surface area contributed by atoms with Gasteiger partial charge in [0, 0.05) is 26.2 Å². The fraction of sp³-hybridized carbons (Fsp3) is 1.00. The van der Waals surface area contributed by atoms with Crippen LogP contribution in [0.3, 0.4) is 0 Å². The summed E-state index contributed by atoms with van der Waals surface area (Å²) in [6, 6.07) is 0. The second kappa shape index (κ2) is 11.8. The molecule has 0 saturated heterocycles.